The van der Waals surface area contributed by atoms with Crippen molar-refractivity contribution >= 4 is 17.5 Å². The third-order valence-corrected chi connectivity index (χ3v) is 6.66. The van der Waals surface area contributed by atoms with Crippen LogP contribution in [0.3, 0.4) is 0 Å². The maximum atomic E-state index is 14.5. The topological polar surface area (TPSA) is 122 Å². The van der Waals surface area contributed by atoms with Crippen LogP contribution in [0, 0.1) is 27.2 Å². The molecule has 0 aliphatic heterocycles. The fourth-order valence-electron chi connectivity index (χ4n) is 5.05. The van der Waals surface area contributed by atoms with E-state index in [1.165, 1.54) is 17.0 Å². The van der Waals surface area contributed by atoms with Crippen molar-refractivity contribution in [3.05, 3.63) is 93.0 Å². The fourth-order valence-corrected chi connectivity index (χ4v) is 5.05. The minimum Gasteiger partial charge on any atom is -0.530 e. The van der Waals surface area contributed by atoms with Crippen LogP contribution in [0.2, 0.25) is 0 Å². The van der Waals surface area contributed by atoms with Crippen LogP contribution >= 0.6 is 0 Å². The lowest BCUT2D eigenvalue weighted by Crippen LogP contribution is -2.50. The molecule has 8 nitrogen and oxygen atoms in total. The highest BCUT2D eigenvalue weighted by molar-refractivity contribution is 5.64. The Morgan fingerprint density at radius 2 is 1.81 bits per heavy atom. The normalized spacial score (nSPS) is 16.8. The molecule has 2 unspecified atom stereocenters. The van der Waals surface area contributed by atoms with Crippen LogP contribution in [-0.4, -0.2) is 22.0 Å². The van der Waals surface area contributed by atoms with Crippen molar-refractivity contribution in [3.63, 3.8) is 0 Å². The van der Waals surface area contributed by atoms with Crippen molar-refractivity contribution in [2.45, 2.75) is 45.7 Å². The summed E-state index contributed by atoms with van der Waals surface area (Å²) in [6, 6.07) is 14.1. The standard InChI is InChI=1S/C27H27F2N3O5/c1-27(2,3)22-18-7-5-4-6-16(18)12-20(22)31(26(33)34)14-15-8-10-17(11-9-15)37-25-19(28)13-21(32(35)36)24(30)23(25)29/h4-11,13,20,22H,12,14,30H2,1-3H3,(H,33,34)/p-1. The van der Waals surface area contributed by atoms with E-state index in [1.54, 1.807) is 12.1 Å². The zero-order valence-electron chi connectivity index (χ0n) is 20.5. The molecular formula is C27H26F2N3O5-. The van der Waals surface area contributed by atoms with Crippen LogP contribution in [0.25, 0.3) is 0 Å². The van der Waals surface area contributed by atoms with E-state index in [-0.39, 0.29) is 29.7 Å². The smallest absolute Gasteiger partial charge is 0.298 e. The summed E-state index contributed by atoms with van der Waals surface area (Å²) in [5, 5.41) is 23.2. The van der Waals surface area contributed by atoms with Gasteiger partial charge in [-0.25, -0.2) is 8.78 Å². The SMILES string of the molecule is CC(C)(C)C1c2ccccc2CC1N(Cc1ccc(Oc2c(F)cc([N+](=O)[O-])c(N)c2F)cc1)C(=O)[O-]. The molecule has 0 radical (unpaired) electrons. The molecule has 1 aliphatic carbocycles. The summed E-state index contributed by atoms with van der Waals surface area (Å²) in [6.45, 7) is 6.28. The summed E-state index contributed by atoms with van der Waals surface area (Å²) in [7, 11) is 0. The van der Waals surface area contributed by atoms with E-state index in [9.17, 15) is 28.8 Å². The molecule has 37 heavy (non-hydrogen) atoms. The van der Waals surface area contributed by atoms with Crippen LogP contribution in [0.4, 0.5) is 25.0 Å². The molecule has 1 amide bonds. The highest BCUT2D eigenvalue weighted by Crippen LogP contribution is 2.47. The molecule has 0 bridgehead atoms. The highest BCUT2D eigenvalue weighted by Gasteiger charge is 2.42. The number of hydrogen-bond donors (Lipinski definition) is 1. The van der Waals surface area contributed by atoms with Crippen molar-refractivity contribution in [3.8, 4) is 11.5 Å². The Kier molecular flexibility index (Phi) is 6.77. The fraction of sp³-hybridized carbons (Fsp3) is 0.296. The van der Waals surface area contributed by atoms with Crippen molar-refractivity contribution < 1.29 is 28.3 Å². The molecule has 0 aromatic heterocycles. The largest absolute Gasteiger partial charge is 0.530 e. The van der Waals surface area contributed by atoms with Gasteiger partial charge in [-0.3, -0.25) is 10.1 Å². The van der Waals surface area contributed by atoms with E-state index in [0.717, 1.165) is 11.1 Å². The number of nitro groups is 1. The molecule has 0 saturated heterocycles. The molecule has 3 aromatic rings. The van der Waals surface area contributed by atoms with Crippen LogP contribution in [-0.2, 0) is 13.0 Å². The lowest BCUT2D eigenvalue weighted by molar-refractivity contribution is -0.384. The number of anilines is 1. The number of nitrogens with zero attached hydrogens (tertiary/aromatic N) is 2. The minimum absolute atomic E-state index is 0.0376. The summed E-state index contributed by atoms with van der Waals surface area (Å²) >= 11 is 0. The first-order valence-electron chi connectivity index (χ1n) is 11.6. The summed E-state index contributed by atoms with van der Waals surface area (Å²) in [6.07, 6.45) is -0.731. The second-order valence-corrected chi connectivity index (χ2v) is 10.1. The highest BCUT2D eigenvalue weighted by atomic mass is 19.1. The van der Waals surface area contributed by atoms with Crippen molar-refractivity contribution in [1.29, 1.82) is 0 Å². The van der Waals surface area contributed by atoms with Crippen LogP contribution in [0.15, 0.2) is 54.6 Å². The number of rotatable bonds is 6. The quantitative estimate of drug-likeness (QED) is 0.278. The number of carboxylic acid groups (broad SMARTS) is 1. The van der Waals surface area contributed by atoms with Gasteiger partial charge in [-0.05, 0) is 40.7 Å². The van der Waals surface area contributed by atoms with Gasteiger partial charge in [0.2, 0.25) is 5.75 Å². The van der Waals surface area contributed by atoms with Gasteiger partial charge >= 0.3 is 0 Å². The second-order valence-electron chi connectivity index (χ2n) is 10.1. The van der Waals surface area contributed by atoms with Crippen molar-refractivity contribution in [2.75, 3.05) is 5.73 Å². The molecule has 194 valence electrons. The number of carbonyl (C=O) groups excluding carboxylic acids is 1. The maximum Gasteiger partial charge on any atom is 0.298 e. The van der Waals surface area contributed by atoms with E-state index < -0.39 is 39.8 Å². The number of fused-ring (bicyclic) bond motifs is 1. The van der Waals surface area contributed by atoms with Gasteiger partial charge in [0.15, 0.2) is 17.3 Å². The third kappa shape index (κ3) is 5.04. The molecule has 0 spiro atoms. The summed E-state index contributed by atoms with van der Waals surface area (Å²) in [5.41, 5.74) is 6.32. The lowest BCUT2D eigenvalue weighted by atomic mass is 9.75. The van der Waals surface area contributed by atoms with Crippen LogP contribution in [0.1, 0.15) is 43.4 Å². The molecule has 4 rings (SSSR count). The molecule has 2 N–H and O–H groups in total. The molecule has 3 aromatic carbocycles. The van der Waals surface area contributed by atoms with Gasteiger partial charge in [0, 0.05) is 18.5 Å². The van der Waals surface area contributed by atoms with E-state index in [0.29, 0.717) is 18.1 Å². The Balaban J connectivity index is 1.56. The predicted molar refractivity (Wildman–Crippen MR) is 131 cm³/mol. The first-order chi connectivity index (χ1) is 17.4. The second kappa shape index (κ2) is 9.68. The Morgan fingerprint density at radius 1 is 1.16 bits per heavy atom. The molecule has 0 saturated carbocycles. The van der Waals surface area contributed by atoms with Gasteiger partial charge in [0.25, 0.3) is 5.69 Å². The maximum absolute atomic E-state index is 14.5. The number of carbonyl (C=O) groups is 1. The third-order valence-electron chi connectivity index (χ3n) is 6.66. The molecular weight excluding hydrogens is 484 g/mol. The van der Waals surface area contributed by atoms with Gasteiger partial charge in [-0.15, -0.1) is 0 Å². The van der Waals surface area contributed by atoms with Crippen LogP contribution in [0.5, 0.6) is 11.5 Å². The average Bonchev–Trinajstić information content (AvgIpc) is 3.22. The van der Waals surface area contributed by atoms with Crippen molar-refractivity contribution in [1.82, 2.24) is 4.90 Å². The average molecular weight is 511 g/mol. The number of nitrogens with two attached hydrogens (primary N) is 1. The number of ether oxygens (including phenoxy) is 1. The predicted octanol–water partition coefficient (Wildman–Crippen LogP) is 5.15. The molecule has 1 aliphatic rings. The first kappa shape index (κ1) is 25.9. The van der Waals surface area contributed by atoms with Gasteiger partial charge < -0.3 is 25.3 Å². The van der Waals surface area contributed by atoms with Gasteiger partial charge in [-0.2, -0.15) is 0 Å². The Morgan fingerprint density at radius 3 is 2.41 bits per heavy atom. The summed E-state index contributed by atoms with van der Waals surface area (Å²) in [5.74, 6) is -3.53. The molecule has 10 heteroatoms. The number of amides is 1. The molecule has 0 heterocycles. The Labute approximate surface area is 212 Å². The number of nitrogen functional groups attached to an aromatic ring is 1. The minimum atomic E-state index is -1.38. The van der Waals surface area contributed by atoms with E-state index >= 15 is 0 Å². The lowest BCUT2D eigenvalue weighted by Gasteiger charge is -2.41. The molecule has 0 fully saturated rings. The number of halogens is 2. The zero-order chi connectivity index (χ0) is 27.1. The van der Waals surface area contributed by atoms with E-state index in [2.05, 4.69) is 20.8 Å². The van der Waals surface area contributed by atoms with E-state index in [4.69, 9.17) is 10.5 Å². The van der Waals surface area contributed by atoms with E-state index in [1.807, 2.05) is 24.3 Å². The summed E-state index contributed by atoms with van der Waals surface area (Å²) in [4.78, 5) is 23.5. The Hall–Kier alpha value is -4.21. The first-order valence-corrected chi connectivity index (χ1v) is 11.6. The number of hydrogen-bond acceptors (Lipinski definition) is 6. The number of nitro benzene ring substituents is 1. The van der Waals surface area contributed by atoms with Gasteiger partial charge in [0.05, 0.1) is 11.0 Å². The van der Waals surface area contributed by atoms with Crippen molar-refractivity contribution in [2.24, 2.45) is 5.41 Å². The summed E-state index contributed by atoms with van der Waals surface area (Å²) < 4.78 is 34.0. The monoisotopic (exact) mass is 510 g/mol. The van der Waals surface area contributed by atoms with Crippen LogP contribution < -0.4 is 15.6 Å². The Bertz CT molecular complexity index is 1360. The van der Waals surface area contributed by atoms with Gasteiger partial charge in [0.1, 0.15) is 11.8 Å². The number of benzene rings is 3. The zero-order valence-corrected chi connectivity index (χ0v) is 20.5. The molecule has 2 atom stereocenters. The van der Waals surface area contributed by atoms with Gasteiger partial charge in [-0.1, -0.05) is 57.2 Å².